The van der Waals surface area contributed by atoms with Crippen LogP contribution in [-0.4, -0.2) is 46.0 Å². The number of aromatic nitrogens is 1. The third-order valence-corrected chi connectivity index (χ3v) is 4.43. The molecule has 3 aromatic rings. The van der Waals surface area contributed by atoms with Crippen molar-refractivity contribution in [3.63, 3.8) is 0 Å². The minimum absolute atomic E-state index is 0.184. The summed E-state index contributed by atoms with van der Waals surface area (Å²) in [6.07, 6.45) is 0. The van der Waals surface area contributed by atoms with E-state index in [0.29, 0.717) is 46.5 Å². The van der Waals surface area contributed by atoms with Gasteiger partial charge in [0.1, 0.15) is 5.75 Å². The van der Waals surface area contributed by atoms with Crippen LogP contribution in [0.4, 0.5) is 11.4 Å². The Bertz CT molecular complexity index is 1040. The highest BCUT2D eigenvalue weighted by atomic mass is 16.5. The van der Waals surface area contributed by atoms with Gasteiger partial charge < -0.3 is 29.0 Å². The maximum absolute atomic E-state index is 12.1. The fraction of sp³-hybridized carbons (Fsp3) is 0.273. The van der Waals surface area contributed by atoms with E-state index in [-0.39, 0.29) is 5.69 Å². The number of ether oxygens (including phenoxy) is 5. The zero-order valence-corrected chi connectivity index (χ0v) is 17.6. The molecule has 0 atom stereocenters. The summed E-state index contributed by atoms with van der Waals surface area (Å²) < 4.78 is 26.7. The SMILES string of the molecule is CCOc1ccc2nc(C(=O)OC)cc(Nc3cc(OC)c(OC)c(OC)c3)c2c1. The van der Waals surface area contributed by atoms with Crippen molar-refractivity contribution in [3.8, 4) is 23.0 Å². The first kappa shape index (κ1) is 21.0. The Kier molecular flexibility index (Phi) is 6.46. The first-order chi connectivity index (χ1) is 14.5. The molecule has 0 unspecified atom stereocenters. The Morgan fingerprint density at radius 3 is 2.23 bits per heavy atom. The lowest BCUT2D eigenvalue weighted by Gasteiger charge is -2.16. The smallest absolute Gasteiger partial charge is 0.356 e. The van der Waals surface area contributed by atoms with E-state index in [1.54, 1.807) is 45.6 Å². The number of methoxy groups -OCH3 is 4. The second-order valence-electron chi connectivity index (χ2n) is 6.20. The first-order valence-electron chi connectivity index (χ1n) is 9.27. The monoisotopic (exact) mass is 412 g/mol. The number of benzene rings is 2. The van der Waals surface area contributed by atoms with Gasteiger partial charge in [-0.25, -0.2) is 9.78 Å². The van der Waals surface area contributed by atoms with Crippen LogP contribution in [0.3, 0.4) is 0 Å². The van der Waals surface area contributed by atoms with E-state index in [1.807, 2.05) is 19.1 Å². The van der Waals surface area contributed by atoms with Crippen molar-refractivity contribution in [3.05, 3.63) is 42.1 Å². The second kappa shape index (κ2) is 9.21. The highest BCUT2D eigenvalue weighted by Gasteiger charge is 2.16. The third kappa shape index (κ3) is 4.17. The molecular weight excluding hydrogens is 388 g/mol. The van der Waals surface area contributed by atoms with Gasteiger partial charge in [-0.15, -0.1) is 0 Å². The largest absolute Gasteiger partial charge is 0.494 e. The van der Waals surface area contributed by atoms with Crippen LogP contribution < -0.4 is 24.3 Å². The molecule has 1 N–H and O–H groups in total. The molecular formula is C22H24N2O6. The molecule has 0 radical (unpaired) electrons. The van der Waals surface area contributed by atoms with Crippen LogP contribution in [0.25, 0.3) is 10.9 Å². The molecule has 0 saturated heterocycles. The molecule has 3 rings (SSSR count). The summed E-state index contributed by atoms with van der Waals surface area (Å²) in [5.74, 6) is 1.66. The quantitative estimate of drug-likeness (QED) is 0.551. The Hall–Kier alpha value is -3.68. The van der Waals surface area contributed by atoms with Crippen molar-refractivity contribution < 1.29 is 28.5 Å². The minimum Gasteiger partial charge on any atom is -0.494 e. The van der Waals surface area contributed by atoms with E-state index in [2.05, 4.69) is 10.3 Å². The number of hydrogen-bond acceptors (Lipinski definition) is 8. The topological polar surface area (TPSA) is 88.1 Å². The molecule has 8 heteroatoms. The Balaban J connectivity index is 2.15. The van der Waals surface area contributed by atoms with Crippen LogP contribution in [-0.2, 0) is 4.74 Å². The van der Waals surface area contributed by atoms with Gasteiger partial charge in [0, 0.05) is 23.2 Å². The number of nitrogens with one attached hydrogen (secondary N) is 1. The van der Waals surface area contributed by atoms with Gasteiger partial charge >= 0.3 is 5.97 Å². The van der Waals surface area contributed by atoms with Gasteiger partial charge in [-0.3, -0.25) is 0 Å². The highest BCUT2D eigenvalue weighted by Crippen LogP contribution is 2.41. The maximum atomic E-state index is 12.1. The van der Waals surface area contributed by atoms with E-state index in [9.17, 15) is 4.79 Å². The van der Waals surface area contributed by atoms with Gasteiger partial charge in [0.2, 0.25) is 5.75 Å². The van der Waals surface area contributed by atoms with Crippen LogP contribution >= 0.6 is 0 Å². The number of rotatable bonds is 8. The molecule has 1 aromatic heterocycles. The molecule has 0 bridgehead atoms. The minimum atomic E-state index is -0.529. The molecule has 0 aliphatic rings. The van der Waals surface area contributed by atoms with Crippen molar-refractivity contribution in [2.45, 2.75) is 6.92 Å². The average Bonchev–Trinajstić information content (AvgIpc) is 2.78. The lowest BCUT2D eigenvalue weighted by atomic mass is 10.1. The van der Waals surface area contributed by atoms with Gasteiger partial charge in [0.05, 0.1) is 46.3 Å². The maximum Gasteiger partial charge on any atom is 0.356 e. The standard InChI is InChI=1S/C22H24N2O6/c1-6-30-14-7-8-16-15(11-14)17(12-18(24-16)22(25)29-5)23-13-9-19(26-2)21(28-4)20(10-13)27-3/h7-12H,6H2,1-5H3,(H,23,24). The summed E-state index contributed by atoms with van der Waals surface area (Å²) in [5, 5.41) is 4.10. The van der Waals surface area contributed by atoms with Gasteiger partial charge in [0.25, 0.3) is 0 Å². The van der Waals surface area contributed by atoms with Crippen molar-refractivity contribution in [2.24, 2.45) is 0 Å². The Labute approximate surface area is 174 Å². The molecule has 0 aliphatic heterocycles. The van der Waals surface area contributed by atoms with E-state index in [4.69, 9.17) is 23.7 Å². The van der Waals surface area contributed by atoms with E-state index in [1.165, 1.54) is 7.11 Å². The van der Waals surface area contributed by atoms with Crippen LogP contribution in [0.1, 0.15) is 17.4 Å². The number of hydrogen-bond donors (Lipinski definition) is 1. The zero-order valence-electron chi connectivity index (χ0n) is 17.6. The Morgan fingerprint density at radius 2 is 1.67 bits per heavy atom. The normalized spacial score (nSPS) is 10.4. The summed E-state index contributed by atoms with van der Waals surface area (Å²) in [5.41, 5.74) is 2.13. The van der Waals surface area contributed by atoms with Crippen LogP contribution in [0.2, 0.25) is 0 Å². The van der Waals surface area contributed by atoms with Crippen LogP contribution in [0, 0.1) is 0 Å². The number of pyridine rings is 1. The van der Waals surface area contributed by atoms with Crippen molar-refractivity contribution in [1.82, 2.24) is 4.98 Å². The molecule has 0 fully saturated rings. The summed E-state index contributed by atoms with van der Waals surface area (Å²) in [7, 11) is 5.96. The number of carbonyl (C=O) groups is 1. The zero-order chi connectivity index (χ0) is 21.7. The average molecular weight is 412 g/mol. The lowest BCUT2D eigenvalue weighted by Crippen LogP contribution is -2.06. The summed E-state index contributed by atoms with van der Waals surface area (Å²) in [4.78, 5) is 16.5. The summed E-state index contributed by atoms with van der Waals surface area (Å²) in [6, 6.07) is 10.7. The molecule has 0 aliphatic carbocycles. The van der Waals surface area contributed by atoms with Crippen LogP contribution in [0.5, 0.6) is 23.0 Å². The molecule has 30 heavy (non-hydrogen) atoms. The van der Waals surface area contributed by atoms with Crippen molar-refractivity contribution in [2.75, 3.05) is 40.4 Å². The fourth-order valence-corrected chi connectivity index (χ4v) is 3.08. The number of nitrogens with zero attached hydrogens (tertiary/aromatic N) is 1. The van der Waals surface area contributed by atoms with Gasteiger partial charge in [-0.2, -0.15) is 0 Å². The van der Waals surface area contributed by atoms with Gasteiger partial charge in [-0.1, -0.05) is 0 Å². The summed E-state index contributed by atoms with van der Waals surface area (Å²) in [6.45, 7) is 2.45. The van der Waals surface area contributed by atoms with Gasteiger partial charge in [-0.05, 0) is 31.2 Å². The first-order valence-corrected chi connectivity index (χ1v) is 9.27. The van der Waals surface area contributed by atoms with E-state index in [0.717, 1.165) is 5.39 Å². The highest BCUT2D eigenvalue weighted by molar-refractivity contribution is 5.99. The van der Waals surface area contributed by atoms with Crippen molar-refractivity contribution >= 4 is 28.2 Å². The van der Waals surface area contributed by atoms with E-state index >= 15 is 0 Å². The molecule has 8 nitrogen and oxygen atoms in total. The number of esters is 1. The lowest BCUT2D eigenvalue weighted by molar-refractivity contribution is 0.0594. The van der Waals surface area contributed by atoms with Crippen molar-refractivity contribution in [1.29, 1.82) is 0 Å². The molecule has 0 spiro atoms. The molecule has 0 amide bonds. The fourth-order valence-electron chi connectivity index (χ4n) is 3.08. The summed E-state index contributed by atoms with van der Waals surface area (Å²) >= 11 is 0. The number of fused-ring (bicyclic) bond motifs is 1. The van der Waals surface area contributed by atoms with E-state index < -0.39 is 5.97 Å². The molecule has 158 valence electrons. The number of anilines is 2. The molecule has 2 aromatic carbocycles. The molecule has 0 saturated carbocycles. The van der Waals surface area contributed by atoms with Crippen LogP contribution in [0.15, 0.2) is 36.4 Å². The third-order valence-electron chi connectivity index (χ3n) is 4.43. The number of carbonyl (C=O) groups excluding carboxylic acids is 1. The Morgan fingerprint density at radius 1 is 0.967 bits per heavy atom. The second-order valence-corrected chi connectivity index (χ2v) is 6.20. The molecule has 1 heterocycles. The predicted molar refractivity (Wildman–Crippen MR) is 114 cm³/mol. The predicted octanol–water partition coefficient (Wildman–Crippen LogP) is 4.19. The van der Waals surface area contributed by atoms with Gasteiger partial charge in [0.15, 0.2) is 17.2 Å².